The van der Waals surface area contributed by atoms with Crippen molar-refractivity contribution in [2.75, 3.05) is 0 Å². The average Bonchev–Trinajstić information content (AvgIpc) is 2.46. The summed E-state index contributed by atoms with van der Waals surface area (Å²) >= 11 is 6.12. The van der Waals surface area contributed by atoms with Gasteiger partial charge in [-0.25, -0.2) is 4.79 Å². The van der Waals surface area contributed by atoms with Crippen LogP contribution in [0.5, 0.6) is 0 Å². The Morgan fingerprint density at radius 3 is 2.62 bits per heavy atom. The Balaban J connectivity index is 1.99. The molecule has 2 rings (SSSR count). The lowest BCUT2D eigenvalue weighted by Gasteiger charge is -2.26. The standard InChI is InChI=1S/C16H22ClNO3/c1-11(19)15(13-9-5-6-10-14(13)17)21-16(20)18-12-7-3-2-4-8-12/h5-6,9-12,15,19H,2-4,7-8H2,1H3,(H,18,20)/t11-,15+/m0/s1. The third kappa shape index (κ3) is 4.61. The summed E-state index contributed by atoms with van der Waals surface area (Å²) in [5.41, 5.74) is 0.618. The van der Waals surface area contributed by atoms with Crippen LogP contribution in [0.3, 0.4) is 0 Å². The lowest BCUT2D eigenvalue weighted by Crippen LogP contribution is -2.38. The highest BCUT2D eigenvalue weighted by Gasteiger charge is 2.25. The number of alkyl carbamates (subject to hydrolysis) is 1. The molecule has 2 N–H and O–H groups in total. The molecular weight excluding hydrogens is 290 g/mol. The lowest BCUT2D eigenvalue weighted by atomic mass is 9.96. The summed E-state index contributed by atoms with van der Waals surface area (Å²) in [6.07, 6.45) is 3.38. The molecule has 4 nitrogen and oxygen atoms in total. The quantitative estimate of drug-likeness (QED) is 0.888. The molecule has 1 fully saturated rings. The van der Waals surface area contributed by atoms with Crippen LogP contribution in [0.1, 0.15) is 50.7 Å². The van der Waals surface area contributed by atoms with E-state index in [0.717, 1.165) is 25.7 Å². The first-order valence-corrected chi connectivity index (χ1v) is 7.85. The van der Waals surface area contributed by atoms with Crippen LogP contribution in [0.25, 0.3) is 0 Å². The number of hydrogen-bond acceptors (Lipinski definition) is 3. The highest BCUT2D eigenvalue weighted by atomic mass is 35.5. The number of hydrogen-bond donors (Lipinski definition) is 2. The van der Waals surface area contributed by atoms with Crippen LogP contribution in [-0.2, 0) is 4.74 Å². The summed E-state index contributed by atoms with van der Waals surface area (Å²) in [5, 5.41) is 13.2. The number of nitrogens with one attached hydrogen (secondary N) is 1. The van der Waals surface area contributed by atoms with Gasteiger partial charge in [-0.3, -0.25) is 0 Å². The molecule has 0 radical (unpaired) electrons. The highest BCUT2D eigenvalue weighted by molar-refractivity contribution is 6.31. The zero-order valence-corrected chi connectivity index (χ0v) is 13.0. The fourth-order valence-electron chi connectivity index (χ4n) is 2.69. The van der Waals surface area contributed by atoms with Gasteiger partial charge in [0.05, 0.1) is 6.10 Å². The molecule has 1 aliphatic rings. The number of halogens is 1. The van der Waals surface area contributed by atoms with Gasteiger partial charge in [-0.1, -0.05) is 49.1 Å². The van der Waals surface area contributed by atoms with E-state index in [2.05, 4.69) is 5.32 Å². The first kappa shape index (κ1) is 16.1. The summed E-state index contributed by atoms with van der Waals surface area (Å²) in [6, 6.07) is 7.25. The maximum Gasteiger partial charge on any atom is 0.408 e. The third-order valence-corrected chi connectivity index (χ3v) is 4.16. The van der Waals surface area contributed by atoms with Gasteiger partial charge in [-0.15, -0.1) is 0 Å². The second-order valence-corrected chi connectivity index (χ2v) is 5.97. The first-order valence-electron chi connectivity index (χ1n) is 7.47. The van der Waals surface area contributed by atoms with E-state index in [1.54, 1.807) is 31.2 Å². The molecule has 21 heavy (non-hydrogen) atoms. The average molecular weight is 312 g/mol. The van der Waals surface area contributed by atoms with E-state index < -0.39 is 18.3 Å². The molecule has 5 heteroatoms. The Bertz CT molecular complexity index is 472. The second-order valence-electron chi connectivity index (χ2n) is 5.57. The third-order valence-electron chi connectivity index (χ3n) is 3.81. The largest absolute Gasteiger partial charge is 0.439 e. The molecule has 0 saturated heterocycles. The minimum atomic E-state index is -0.831. The van der Waals surface area contributed by atoms with E-state index in [1.165, 1.54) is 6.42 Å². The Hall–Kier alpha value is -1.26. The van der Waals surface area contributed by atoms with E-state index in [0.29, 0.717) is 10.6 Å². The fraction of sp³-hybridized carbons (Fsp3) is 0.562. The number of benzene rings is 1. The normalized spacial score (nSPS) is 18.8. The van der Waals surface area contributed by atoms with Crippen molar-refractivity contribution in [1.82, 2.24) is 5.32 Å². The zero-order valence-electron chi connectivity index (χ0n) is 12.2. The molecule has 0 aromatic heterocycles. The summed E-state index contributed by atoms with van der Waals surface area (Å²) in [7, 11) is 0. The summed E-state index contributed by atoms with van der Waals surface area (Å²) in [6.45, 7) is 1.59. The smallest absolute Gasteiger partial charge is 0.408 e. The number of rotatable bonds is 4. The van der Waals surface area contributed by atoms with Crippen molar-refractivity contribution < 1.29 is 14.6 Å². The molecule has 1 amide bonds. The van der Waals surface area contributed by atoms with Crippen LogP contribution in [0.2, 0.25) is 5.02 Å². The molecule has 0 bridgehead atoms. The number of amides is 1. The van der Waals surface area contributed by atoms with E-state index in [9.17, 15) is 9.90 Å². The SMILES string of the molecule is C[C@H](O)[C@@H](OC(=O)NC1CCCCC1)c1ccccc1Cl. The predicted molar refractivity (Wildman–Crippen MR) is 82.4 cm³/mol. The molecule has 0 unspecified atom stereocenters. The fourth-order valence-corrected chi connectivity index (χ4v) is 2.93. The Morgan fingerprint density at radius 1 is 1.33 bits per heavy atom. The van der Waals surface area contributed by atoms with Gasteiger partial charge in [-0.2, -0.15) is 0 Å². The molecule has 1 aromatic carbocycles. The van der Waals surface area contributed by atoms with Gasteiger partial charge in [-0.05, 0) is 25.8 Å². The topological polar surface area (TPSA) is 58.6 Å². The number of carbonyl (C=O) groups is 1. The van der Waals surface area contributed by atoms with Gasteiger partial charge < -0.3 is 15.2 Å². The van der Waals surface area contributed by atoms with Crippen molar-refractivity contribution in [3.63, 3.8) is 0 Å². The van der Waals surface area contributed by atoms with E-state index in [4.69, 9.17) is 16.3 Å². The summed E-state index contributed by atoms with van der Waals surface area (Å²) in [5.74, 6) is 0. The molecule has 116 valence electrons. The number of carbonyl (C=O) groups excluding carboxylic acids is 1. The second kappa shape index (κ2) is 7.66. The molecule has 0 spiro atoms. The molecular formula is C16H22ClNO3. The molecule has 1 saturated carbocycles. The van der Waals surface area contributed by atoms with Gasteiger partial charge in [0.2, 0.25) is 0 Å². The Labute approximate surface area is 130 Å². The highest BCUT2D eigenvalue weighted by Crippen LogP contribution is 2.28. The molecule has 1 aromatic rings. The van der Waals surface area contributed by atoms with Crippen molar-refractivity contribution in [2.45, 2.75) is 57.3 Å². The van der Waals surface area contributed by atoms with Crippen LogP contribution in [0.15, 0.2) is 24.3 Å². The van der Waals surface area contributed by atoms with Crippen LogP contribution >= 0.6 is 11.6 Å². The van der Waals surface area contributed by atoms with Gasteiger partial charge in [0, 0.05) is 16.6 Å². The van der Waals surface area contributed by atoms with Crippen molar-refractivity contribution >= 4 is 17.7 Å². The van der Waals surface area contributed by atoms with E-state index in [-0.39, 0.29) is 6.04 Å². The molecule has 2 atom stereocenters. The van der Waals surface area contributed by atoms with Gasteiger partial charge in [0.25, 0.3) is 0 Å². The minimum absolute atomic E-state index is 0.173. The van der Waals surface area contributed by atoms with Gasteiger partial charge >= 0.3 is 6.09 Å². The Kier molecular flexibility index (Phi) is 5.88. The van der Waals surface area contributed by atoms with Gasteiger partial charge in [0.1, 0.15) is 0 Å². The Morgan fingerprint density at radius 2 is 2.00 bits per heavy atom. The summed E-state index contributed by atoms with van der Waals surface area (Å²) in [4.78, 5) is 12.0. The maximum atomic E-state index is 12.0. The molecule has 0 aliphatic heterocycles. The van der Waals surface area contributed by atoms with Crippen molar-refractivity contribution in [3.8, 4) is 0 Å². The maximum absolute atomic E-state index is 12.0. The lowest BCUT2D eigenvalue weighted by molar-refractivity contribution is 0.00901. The summed E-state index contributed by atoms with van der Waals surface area (Å²) < 4.78 is 5.40. The van der Waals surface area contributed by atoms with Crippen LogP contribution in [0.4, 0.5) is 4.79 Å². The van der Waals surface area contributed by atoms with Crippen LogP contribution < -0.4 is 5.32 Å². The van der Waals surface area contributed by atoms with E-state index in [1.807, 2.05) is 0 Å². The molecule has 0 heterocycles. The van der Waals surface area contributed by atoms with Crippen LogP contribution in [-0.4, -0.2) is 23.3 Å². The number of aliphatic hydroxyl groups excluding tert-OH is 1. The van der Waals surface area contributed by atoms with Crippen molar-refractivity contribution in [2.24, 2.45) is 0 Å². The van der Waals surface area contributed by atoms with Gasteiger partial charge in [0.15, 0.2) is 6.10 Å². The van der Waals surface area contributed by atoms with Crippen molar-refractivity contribution in [3.05, 3.63) is 34.9 Å². The van der Waals surface area contributed by atoms with Crippen molar-refractivity contribution in [1.29, 1.82) is 0 Å². The molecule has 1 aliphatic carbocycles. The predicted octanol–water partition coefficient (Wildman–Crippen LogP) is 3.82. The number of ether oxygens (including phenoxy) is 1. The first-order chi connectivity index (χ1) is 10.1. The van der Waals surface area contributed by atoms with Crippen LogP contribution in [0, 0.1) is 0 Å². The monoisotopic (exact) mass is 311 g/mol. The van der Waals surface area contributed by atoms with E-state index >= 15 is 0 Å². The minimum Gasteiger partial charge on any atom is -0.439 e. The number of aliphatic hydroxyl groups is 1. The zero-order chi connectivity index (χ0) is 15.2.